The first kappa shape index (κ1) is 18.0. The van der Waals surface area contributed by atoms with Crippen LogP contribution in [0.25, 0.3) is 10.9 Å². The van der Waals surface area contributed by atoms with Crippen molar-refractivity contribution in [1.82, 2.24) is 4.98 Å². The zero-order chi connectivity index (χ0) is 18.0. The summed E-state index contributed by atoms with van der Waals surface area (Å²) in [7, 11) is 0. The van der Waals surface area contributed by atoms with Crippen LogP contribution in [0.2, 0.25) is 0 Å². The second-order valence-corrected chi connectivity index (χ2v) is 7.57. The monoisotopic (exact) mass is 342 g/mol. The highest BCUT2D eigenvalue weighted by atomic mass is 16.1. The van der Waals surface area contributed by atoms with Crippen LogP contribution in [-0.4, -0.2) is 31.2 Å². The maximum Gasteiger partial charge on any atom is 0.198 e. The second kappa shape index (κ2) is 7.61. The van der Waals surface area contributed by atoms with Gasteiger partial charge in [-0.05, 0) is 57.7 Å². The zero-order valence-corrected chi connectivity index (χ0v) is 16.1. The van der Waals surface area contributed by atoms with E-state index >= 15 is 0 Å². The van der Waals surface area contributed by atoms with E-state index in [-0.39, 0.29) is 5.43 Å². The minimum atomic E-state index is 0.214. The molecular formula is C21H32N3O+. The number of anilines is 1. The number of aromatic amines is 1. The predicted octanol–water partition coefficient (Wildman–Crippen LogP) is 2.50. The number of quaternary nitrogens is 1. The van der Waals surface area contributed by atoms with Gasteiger partial charge in [0.2, 0.25) is 0 Å². The standard InChI is InChI=1S/C21H31N3O/c1-5-24(6-2)17-7-8-20-18(13-17)21(25)19(16(4)22-20)14-23-11-9-15(3)10-12-23/h7-8,13,15H,5-6,9-12,14H2,1-4H3,(H,22,25)/p+1. The van der Waals surface area contributed by atoms with Gasteiger partial charge < -0.3 is 14.8 Å². The molecular weight excluding hydrogens is 310 g/mol. The molecule has 0 spiro atoms. The summed E-state index contributed by atoms with van der Waals surface area (Å²) >= 11 is 0. The summed E-state index contributed by atoms with van der Waals surface area (Å²) in [6, 6.07) is 6.23. The van der Waals surface area contributed by atoms with Crippen molar-refractivity contribution >= 4 is 16.6 Å². The highest BCUT2D eigenvalue weighted by molar-refractivity contribution is 5.83. The van der Waals surface area contributed by atoms with Crippen LogP contribution in [0.1, 0.15) is 44.9 Å². The Labute approximate surface area is 150 Å². The first-order chi connectivity index (χ1) is 12.0. The van der Waals surface area contributed by atoms with Gasteiger partial charge in [0.15, 0.2) is 5.43 Å². The van der Waals surface area contributed by atoms with Crippen LogP contribution in [0.15, 0.2) is 23.0 Å². The predicted molar refractivity (Wildman–Crippen MR) is 106 cm³/mol. The van der Waals surface area contributed by atoms with Crippen LogP contribution in [0.3, 0.4) is 0 Å². The van der Waals surface area contributed by atoms with E-state index in [1.165, 1.54) is 25.9 Å². The van der Waals surface area contributed by atoms with Gasteiger partial charge in [-0.25, -0.2) is 0 Å². The molecule has 1 aliphatic heterocycles. The maximum absolute atomic E-state index is 13.2. The van der Waals surface area contributed by atoms with Gasteiger partial charge in [-0.1, -0.05) is 6.92 Å². The number of pyridine rings is 1. The molecule has 0 radical (unpaired) electrons. The Morgan fingerprint density at radius 3 is 2.52 bits per heavy atom. The average molecular weight is 343 g/mol. The first-order valence-corrected chi connectivity index (χ1v) is 9.77. The van der Waals surface area contributed by atoms with E-state index in [4.69, 9.17) is 0 Å². The van der Waals surface area contributed by atoms with E-state index in [1.54, 1.807) is 4.90 Å². The van der Waals surface area contributed by atoms with Gasteiger partial charge in [-0.15, -0.1) is 0 Å². The Bertz CT molecular complexity index is 784. The lowest BCUT2D eigenvalue weighted by atomic mass is 9.98. The molecule has 2 N–H and O–H groups in total. The maximum atomic E-state index is 13.2. The fourth-order valence-corrected chi connectivity index (χ4v) is 4.03. The van der Waals surface area contributed by atoms with Crippen LogP contribution in [0.5, 0.6) is 0 Å². The number of H-pyrrole nitrogens is 1. The molecule has 2 heterocycles. The molecule has 4 heteroatoms. The Kier molecular flexibility index (Phi) is 5.48. The molecule has 0 aliphatic carbocycles. The number of nitrogens with one attached hydrogen (secondary N) is 2. The molecule has 2 aromatic rings. The van der Waals surface area contributed by atoms with Gasteiger partial charge in [0.25, 0.3) is 0 Å². The van der Waals surface area contributed by atoms with Crippen molar-refractivity contribution in [2.24, 2.45) is 5.92 Å². The number of aromatic nitrogens is 1. The smallest absolute Gasteiger partial charge is 0.198 e. The number of aryl methyl sites for hydroxylation is 1. The Balaban J connectivity index is 1.97. The van der Waals surface area contributed by atoms with E-state index < -0.39 is 0 Å². The van der Waals surface area contributed by atoms with Crippen LogP contribution < -0.4 is 15.2 Å². The van der Waals surface area contributed by atoms with Crippen molar-refractivity contribution in [3.8, 4) is 0 Å². The van der Waals surface area contributed by atoms with Gasteiger partial charge >= 0.3 is 0 Å². The number of hydrogen-bond donors (Lipinski definition) is 2. The quantitative estimate of drug-likeness (QED) is 0.876. The number of rotatable bonds is 5. The largest absolute Gasteiger partial charge is 0.372 e. The molecule has 136 valence electrons. The molecule has 1 aromatic carbocycles. The third-order valence-electron chi connectivity index (χ3n) is 5.83. The van der Waals surface area contributed by atoms with Crippen LogP contribution >= 0.6 is 0 Å². The molecule has 1 aromatic heterocycles. The SMILES string of the molecule is CCN(CC)c1ccc2[nH]c(C)c(C[NH+]3CCC(C)CC3)c(=O)c2c1. The van der Waals surface area contributed by atoms with E-state index in [1.807, 2.05) is 6.92 Å². The summed E-state index contributed by atoms with van der Waals surface area (Å²) in [6.07, 6.45) is 2.54. The van der Waals surface area contributed by atoms with Crippen molar-refractivity contribution in [2.75, 3.05) is 31.1 Å². The molecule has 0 atom stereocenters. The topological polar surface area (TPSA) is 40.5 Å². The van der Waals surface area contributed by atoms with Crippen LogP contribution in [0.4, 0.5) is 5.69 Å². The van der Waals surface area contributed by atoms with Crippen molar-refractivity contribution in [3.63, 3.8) is 0 Å². The number of benzene rings is 1. The molecule has 1 fully saturated rings. The molecule has 0 amide bonds. The lowest BCUT2D eigenvalue weighted by molar-refractivity contribution is -0.919. The van der Waals surface area contributed by atoms with E-state index in [0.29, 0.717) is 0 Å². The van der Waals surface area contributed by atoms with Crippen molar-refractivity contribution in [1.29, 1.82) is 0 Å². The minimum Gasteiger partial charge on any atom is -0.372 e. The zero-order valence-electron chi connectivity index (χ0n) is 16.1. The normalized spacial score (nSPS) is 20.8. The number of nitrogens with zero attached hydrogens (tertiary/aromatic N) is 1. The summed E-state index contributed by atoms with van der Waals surface area (Å²) in [5.74, 6) is 0.830. The lowest BCUT2D eigenvalue weighted by Crippen LogP contribution is -3.12. The van der Waals surface area contributed by atoms with Crippen molar-refractivity contribution in [3.05, 3.63) is 39.7 Å². The van der Waals surface area contributed by atoms with Gasteiger partial charge in [-0.2, -0.15) is 0 Å². The number of hydrogen-bond acceptors (Lipinski definition) is 2. The van der Waals surface area contributed by atoms with E-state index in [0.717, 1.165) is 53.4 Å². The molecule has 0 bridgehead atoms. The average Bonchev–Trinajstić information content (AvgIpc) is 2.61. The lowest BCUT2D eigenvalue weighted by Gasteiger charge is -2.27. The third kappa shape index (κ3) is 3.74. The van der Waals surface area contributed by atoms with Gasteiger partial charge in [0, 0.05) is 35.4 Å². The fourth-order valence-electron chi connectivity index (χ4n) is 4.03. The summed E-state index contributed by atoms with van der Waals surface area (Å²) in [4.78, 5) is 20.5. The minimum absolute atomic E-state index is 0.214. The van der Waals surface area contributed by atoms with E-state index in [2.05, 4.69) is 48.9 Å². The summed E-state index contributed by atoms with van der Waals surface area (Å²) in [5.41, 5.74) is 4.29. The molecule has 25 heavy (non-hydrogen) atoms. The summed E-state index contributed by atoms with van der Waals surface area (Å²) in [5, 5.41) is 0.828. The van der Waals surface area contributed by atoms with Gasteiger partial charge in [0.05, 0.1) is 18.7 Å². The Hall–Kier alpha value is -1.81. The molecule has 1 aliphatic rings. The molecule has 1 saturated heterocycles. The molecule has 3 rings (SSSR count). The molecule has 0 unspecified atom stereocenters. The number of likely N-dealkylation sites (tertiary alicyclic amines) is 1. The van der Waals surface area contributed by atoms with Crippen LogP contribution in [-0.2, 0) is 6.54 Å². The Morgan fingerprint density at radius 1 is 1.20 bits per heavy atom. The second-order valence-electron chi connectivity index (χ2n) is 7.57. The molecule has 4 nitrogen and oxygen atoms in total. The number of piperidine rings is 1. The highest BCUT2D eigenvalue weighted by Crippen LogP contribution is 2.20. The van der Waals surface area contributed by atoms with E-state index in [9.17, 15) is 4.79 Å². The highest BCUT2D eigenvalue weighted by Gasteiger charge is 2.22. The third-order valence-corrected chi connectivity index (χ3v) is 5.83. The van der Waals surface area contributed by atoms with Gasteiger partial charge in [-0.3, -0.25) is 4.79 Å². The van der Waals surface area contributed by atoms with Gasteiger partial charge in [0.1, 0.15) is 6.54 Å². The first-order valence-electron chi connectivity index (χ1n) is 9.77. The Morgan fingerprint density at radius 2 is 1.88 bits per heavy atom. The number of fused-ring (bicyclic) bond motifs is 1. The van der Waals surface area contributed by atoms with Crippen molar-refractivity contribution in [2.45, 2.75) is 47.1 Å². The summed E-state index contributed by atoms with van der Waals surface area (Å²) < 4.78 is 0. The van der Waals surface area contributed by atoms with Crippen LogP contribution in [0, 0.1) is 12.8 Å². The molecule has 0 saturated carbocycles. The fraction of sp³-hybridized carbons (Fsp3) is 0.571. The van der Waals surface area contributed by atoms with Crippen molar-refractivity contribution < 1.29 is 4.90 Å². The summed E-state index contributed by atoms with van der Waals surface area (Å²) in [6.45, 7) is 13.8.